The Labute approximate surface area is 171 Å². The SMILES string of the molecule is COc1ccccc1-n1c(C)cc(/C=C2\S/C(=N/c3nccs3)NC2=O)c1C. The first kappa shape index (κ1) is 18.5. The number of hydrogen-bond donors (Lipinski definition) is 1. The van der Waals surface area contributed by atoms with E-state index in [0.29, 0.717) is 15.2 Å². The summed E-state index contributed by atoms with van der Waals surface area (Å²) < 4.78 is 7.64. The lowest BCUT2D eigenvalue weighted by Gasteiger charge is -2.13. The van der Waals surface area contributed by atoms with Crippen molar-refractivity contribution >= 4 is 45.4 Å². The van der Waals surface area contributed by atoms with Gasteiger partial charge in [0.25, 0.3) is 5.91 Å². The van der Waals surface area contributed by atoms with Gasteiger partial charge in [-0.3, -0.25) is 4.79 Å². The van der Waals surface area contributed by atoms with E-state index in [-0.39, 0.29) is 5.91 Å². The molecule has 1 amide bonds. The molecule has 0 spiro atoms. The number of thiazole rings is 1. The summed E-state index contributed by atoms with van der Waals surface area (Å²) in [6, 6.07) is 9.96. The molecule has 1 fully saturated rings. The van der Waals surface area contributed by atoms with Gasteiger partial charge in [-0.2, -0.15) is 4.99 Å². The summed E-state index contributed by atoms with van der Waals surface area (Å²) in [5, 5.41) is 5.82. The zero-order chi connectivity index (χ0) is 19.7. The van der Waals surface area contributed by atoms with Gasteiger partial charge in [0.1, 0.15) is 5.75 Å². The maximum atomic E-state index is 12.4. The number of benzene rings is 1. The highest BCUT2D eigenvalue weighted by atomic mass is 32.2. The number of hydrogen-bond acceptors (Lipinski definition) is 6. The summed E-state index contributed by atoms with van der Waals surface area (Å²) in [6.45, 7) is 4.08. The minimum absolute atomic E-state index is 0.151. The average molecular weight is 411 g/mol. The highest BCUT2D eigenvalue weighted by Crippen LogP contribution is 2.32. The van der Waals surface area contributed by atoms with Crippen LogP contribution in [0, 0.1) is 13.8 Å². The number of nitrogens with zero attached hydrogens (tertiary/aromatic N) is 3. The third-order valence-corrected chi connectivity index (χ3v) is 5.93. The van der Waals surface area contributed by atoms with E-state index in [2.05, 4.69) is 25.9 Å². The molecule has 1 aliphatic rings. The normalized spacial score (nSPS) is 16.8. The van der Waals surface area contributed by atoms with Crippen LogP contribution >= 0.6 is 23.1 Å². The topological polar surface area (TPSA) is 68.5 Å². The van der Waals surface area contributed by atoms with Crippen LogP contribution in [-0.4, -0.2) is 27.7 Å². The Morgan fingerprint density at radius 3 is 2.86 bits per heavy atom. The van der Waals surface area contributed by atoms with Crippen LogP contribution in [0.2, 0.25) is 0 Å². The summed E-state index contributed by atoms with van der Waals surface area (Å²) in [5.41, 5.74) is 4.05. The molecule has 2 aromatic heterocycles. The lowest BCUT2D eigenvalue weighted by Crippen LogP contribution is -2.19. The van der Waals surface area contributed by atoms with Crippen molar-refractivity contribution in [3.63, 3.8) is 0 Å². The maximum absolute atomic E-state index is 12.4. The first-order valence-electron chi connectivity index (χ1n) is 8.58. The molecule has 0 aliphatic carbocycles. The van der Waals surface area contributed by atoms with Gasteiger partial charge in [0.05, 0.1) is 17.7 Å². The number of para-hydroxylation sites is 2. The van der Waals surface area contributed by atoms with Gasteiger partial charge in [-0.05, 0) is 55.4 Å². The van der Waals surface area contributed by atoms with E-state index in [0.717, 1.165) is 28.4 Å². The van der Waals surface area contributed by atoms with E-state index in [1.807, 2.05) is 49.6 Å². The van der Waals surface area contributed by atoms with Crippen molar-refractivity contribution in [2.24, 2.45) is 4.99 Å². The van der Waals surface area contributed by atoms with Crippen molar-refractivity contribution in [1.82, 2.24) is 14.9 Å². The van der Waals surface area contributed by atoms with Crippen molar-refractivity contribution < 1.29 is 9.53 Å². The molecule has 6 nitrogen and oxygen atoms in total. The molecule has 142 valence electrons. The molecule has 3 aromatic rings. The molecule has 4 rings (SSSR count). The third-order valence-electron chi connectivity index (χ3n) is 4.35. The second kappa shape index (κ2) is 7.65. The summed E-state index contributed by atoms with van der Waals surface area (Å²) in [6.07, 6.45) is 3.59. The molecule has 0 atom stereocenters. The summed E-state index contributed by atoms with van der Waals surface area (Å²) in [5.74, 6) is 0.650. The molecule has 1 saturated heterocycles. The maximum Gasteiger partial charge on any atom is 0.264 e. The van der Waals surface area contributed by atoms with Crippen LogP contribution in [0.15, 0.2) is 51.8 Å². The van der Waals surface area contributed by atoms with E-state index in [1.165, 1.54) is 23.1 Å². The minimum atomic E-state index is -0.151. The number of nitrogens with one attached hydrogen (secondary N) is 1. The van der Waals surface area contributed by atoms with Crippen LogP contribution in [0.25, 0.3) is 11.8 Å². The number of amides is 1. The van der Waals surface area contributed by atoms with Crippen LogP contribution in [0.4, 0.5) is 5.13 Å². The largest absolute Gasteiger partial charge is 0.495 e. The van der Waals surface area contributed by atoms with Crippen molar-refractivity contribution in [1.29, 1.82) is 0 Å². The standard InChI is InChI=1S/C20H18N4O2S2/c1-12-10-14(13(2)24(12)15-6-4-5-7-16(15)26-3)11-17-18(25)22-20(28-17)23-19-21-8-9-27-19/h4-11H,1-3H3,(H,21,22,23,25)/b17-11-. The van der Waals surface area contributed by atoms with E-state index in [4.69, 9.17) is 4.74 Å². The number of aryl methyl sites for hydroxylation is 1. The molecular formula is C20H18N4O2S2. The second-order valence-corrected chi connectivity index (χ2v) is 8.03. The number of ether oxygens (including phenoxy) is 1. The van der Waals surface area contributed by atoms with E-state index in [1.54, 1.807) is 13.3 Å². The zero-order valence-electron chi connectivity index (χ0n) is 15.6. The Bertz CT molecular complexity index is 1100. The lowest BCUT2D eigenvalue weighted by molar-refractivity contribution is -0.115. The summed E-state index contributed by atoms with van der Waals surface area (Å²) in [4.78, 5) is 21.5. The van der Waals surface area contributed by atoms with Gasteiger partial charge in [-0.15, -0.1) is 11.3 Å². The van der Waals surface area contributed by atoms with Gasteiger partial charge in [0.2, 0.25) is 5.13 Å². The van der Waals surface area contributed by atoms with Gasteiger partial charge in [0.15, 0.2) is 5.17 Å². The average Bonchev–Trinajstić information content (AvgIpc) is 3.37. The number of aromatic nitrogens is 2. The van der Waals surface area contributed by atoms with Gasteiger partial charge < -0.3 is 14.6 Å². The number of carbonyl (C=O) groups excluding carboxylic acids is 1. The first-order valence-corrected chi connectivity index (χ1v) is 10.3. The number of thioether (sulfide) groups is 1. The van der Waals surface area contributed by atoms with Crippen LogP contribution < -0.4 is 10.1 Å². The Kier molecular flexibility index (Phi) is 5.06. The van der Waals surface area contributed by atoms with Crippen LogP contribution in [0.3, 0.4) is 0 Å². The molecule has 8 heteroatoms. The molecule has 0 radical (unpaired) electrons. The fourth-order valence-electron chi connectivity index (χ4n) is 3.10. The van der Waals surface area contributed by atoms with Crippen LogP contribution in [0.1, 0.15) is 17.0 Å². The second-order valence-electron chi connectivity index (χ2n) is 6.13. The highest BCUT2D eigenvalue weighted by Gasteiger charge is 2.25. The molecule has 1 aromatic carbocycles. The molecule has 1 N–H and O–H groups in total. The van der Waals surface area contributed by atoms with Gasteiger partial charge in [-0.1, -0.05) is 12.1 Å². The highest BCUT2D eigenvalue weighted by molar-refractivity contribution is 8.18. The Morgan fingerprint density at radius 1 is 1.29 bits per heavy atom. The Morgan fingerprint density at radius 2 is 2.11 bits per heavy atom. The number of methoxy groups -OCH3 is 1. The predicted molar refractivity (Wildman–Crippen MR) is 115 cm³/mol. The van der Waals surface area contributed by atoms with Crippen molar-refractivity contribution in [3.8, 4) is 11.4 Å². The molecule has 0 bridgehead atoms. The smallest absolute Gasteiger partial charge is 0.264 e. The van der Waals surface area contributed by atoms with E-state index >= 15 is 0 Å². The Balaban J connectivity index is 1.69. The molecule has 0 unspecified atom stereocenters. The fraction of sp³-hybridized carbons (Fsp3) is 0.150. The van der Waals surface area contributed by atoms with E-state index in [9.17, 15) is 4.79 Å². The quantitative estimate of drug-likeness (QED) is 0.645. The monoisotopic (exact) mass is 410 g/mol. The third kappa shape index (κ3) is 3.48. The predicted octanol–water partition coefficient (Wildman–Crippen LogP) is 4.45. The summed E-state index contributed by atoms with van der Waals surface area (Å²) in [7, 11) is 1.67. The van der Waals surface area contributed by atoms with Crippen LogP contribution in [0.5, 0.6) is 5.75 Å². The lowest BCUT2D eigenvalue weighted by atomic mass is 10.2. The zero-order valence-corrected chi connectivity index (χ0v) is 17.2. The molecule has 1 aliphatic heterocycles. The van der Waals surface area contributed by atoms with Gasteiger partial charge >= 0.3 is 0 Å². The fourth-order valence-corrected chi connectivity index (χ4v) is 4.48. The number of amidine groups is 1. The van der Waals surface area contributed by atoms with Crippen molar-refractivity contribution in [2.45, 2.75) is 13.8 Å². The van der Waals surface area contributed by atoms with Gasteiger partial charge in [0, 0.05) is 23.0 Å². The summed E-state index contributed by atoms with van der Waals surface area (Å²) >= 11 is 2.75. The Hall–Kier alpha value is -2.84. The molecule has 3 heterocycles. The number of carbonyl (C=O) groups is 1. The molecule has 0 saturated carbocycles. The minimum Gasteiger partial charge on any atom is -0.495 e. The van der Waals surface area contributed by atoms with Crippen LogP contribution in [-0.2, 0) is 4.79 Å². The number of aliphatic imine (C=N–C) groups is 1. The molecular weight excluding hydrogens is 392 g/mol. The van der Waals surface area contributed by atoms with Crippen molar-refractivity contribution in [2.75, 3.05) is 7.11 Å². The first-order chi connectivity index (χ1) is 13.6. The van der Waals surface area contributed by atoms with Crippen molar-refractivity contribution in [3.05, 3.63) is 63.8 Å². The van der Waals surface area contributed by atoms with Gasteiger partial charge in [-0.25, -0.2) is 4.98 Å². The van der Waals surface area contributed by atoms with E-state index < -0.39 is 0 Å². The number of rotatable bonds is 4. The molecule has 28 heavy (non-hydrogen) atoms.